The Hall–Kier alpha value is -2.69. The lowest BCUT2D eigenvalue weighted by Gasteiger charge is -2.50. The van der Waals surface area contributed by atoms with Crippen molar-refractivity contribution in [2.45, 2.75) is 50.8 Å². The highest BCUT2D eigenvalue weighted by atomic mass is 16.5. The molecule has 0 amide bonds. The van der Waals surface area contributed by atoms with E-state index in [0.717, 1.165) is 66.5 Å². The highest BCUT2D eigenvalue weighted by Crippen LogP contribution is 2.54. The highest BCUT2D eigenvalue weighted by molar-refractivity contribution is 6.02. The monoisotopic (exact) mass is 392 g/mol. The van der Waals surface area contributed by atoms with E-state index in [1.807, 2.05) is 24.3 Å². The van der Waals surface area contributed by atoms with Crippen molar-refractivity contribution in [1.29, 1.82) is 0 Å². The SMILES string of the molecule is COc1ccc(C2=NN3[C@@H](C2)c2cccc(OC)c2OC32CCC(C)CC2)cc1. The maximum absolute atomic E-state index is 6.74. The van der Waals surface area contributed by atoms with E-state index in [1.165, 1.54) is 5.56 Å². The van der Waals surface area contributed by atoms with E-state index >= 15 is 0 Å². The summed E-state index contributed by atoms with van der Waals surface area (Å²) in [5, 5.41) is 7.40. The lowest BCUT2D eigenvalue weighted by Crippen LogP contribution is -2.55. The summed E-state index contributed by atoms with van der Waals surface area (Å²) >= 11 is 0. The first-order valence-corrected chi connectivity index (χ1v) is 10.5. The fraction of sp³-hybridized carbons (Fsp3) is 0.458. The number of methoxy groups -OCH3 is 2. The second kappa shape index (κ2) is 6.97. The van der Waals surface area contributed by atoms with E-state index in [0.29, 0.717) is 0 Å². The van der Waals surface area contributed by atoms with E-state index in [4.69, 9.17) is 19.3 Å². The molecule has 29 heavy (non-hydrogen) atoms. The Bertz CT molecular complexity index is 930. The van der Waals surface area contributed by atoms with Gasteiger partial charge in [-0.05, 0) is 54.7 Å². The van der Waals surface area contributed by atoms with Crippen LogP contribution in [-0.2, 0) is 0 Å². The highest BCUT2D eigenvalue weighted by Gasteiger charge is 2.52. The molecular formula is C24H28N2O3. The Morgan fingerprint density at radius 1 is 1.03 bits per heavy atom. The molecule has 5 rings (SSSR count). The topological polar surface area (TPSA) is 43.3 Å². The van der Waals surface area contributed by atoms with Crippen LogP contribution < -0.4 is 14.2 Å². The largest absolute Gasteiger partial charge is 0.497 e. The molecular weight excluding hydrogens is 364 g/mol. The average molecular weight is 392 g/mol. The summed E-state index contributed by atoms with van der Waals surface area (Å²) < 4.78 is 17.7. The summed E-state index contributed by atoms with van der Waals surface area (Å²) in [5.74, 6) is 3.31. The number of para-hydroxylation sites is 1. The quantitative estimate of drug-likeness (QED) is 0.724. The van der Waals surface area contributed by atoms with Crippen LogP contribution in [-0.4, -0.2) is 30.7 Å². The average Bonchev–Trinajstić information content (AvgIpc) is 3.22. The van der Waals surface area contributed by atoms with Gasteiger partial charge in [0.2, 0.25) is 0 Å². The van der Waals surface area contributed by atoms with Gasteiger partial charge in [-0.15, -0.1) is 0 Å². The third-order valence-corrected chi connectivity index (χ3v) is 6.69. The fourth-order valence-electron chi connectivity index (χ4n) is 4.93. The Kier molecular flexibility index (Phi) is 4.41. The van der Waals surface area contributed by atoms with Crippen LogP contribution in [0, 0.1) is 5.92 Å². The molecule has 152 valence electrons. The van der Waals surface area contributed by atoms with E-state index < -0.39 is 0 Å². The fourth-order valence-corrected chi connectivity index (χ4v) is 4.93. The van der Waals surface area contributed by atoms with Gasteiger partial charge in [0, 0.05) is 24.8 Å². The lowest BCUT2D eigenvalue weighted by atomic mass is 9.82. The standard InChI is InChI=1S/C24H28N2O3/c1-16-11-13-24(14-12-16)26-21(19-5-4-6-22(28-3)23(19)29-24)15-20(25-26)17-7-9-18(27-2)10-8-17/h4-10,16,21H,11-15H2,1-3H3/t16?,21-,24?/m0/s1. The molecule has 0 radical (unpaired) electrons. The molecule has 0 aromatic heterocycles. The Labute approximate surface area is 172 Å². The minimum atomic E-state index is -0.382. The molecule has 2 aromatic carbocycles. The molecule has 5 nitrogen and oxygen atoms in total. The third kappa shape index (κ3) is 2.95. The molecule has 1 aliphatic carbocycles. The molecule has 1 spiro atoms. The van der Waals surface area contributed by atoms with Gasteiger partial charge in [-0.25, -0.2) is 5.01 Å². The van der Waals surface area contributed by atoms with E-state index in [2.05, 4.69) is 30.1 Å². The molecule has 0 N–H and O–H groups in total. The zero-order valence-corrected chi connectivity index (χ0v) is 17.4. The predicted molar refractivity (Wildman–Crippen MR) is 113 cm³/mol. The molecule has 0 bridgehead atoms. The van der Waals surface area contributed by atoms with E-state index in [-0.39, 0.29) is 11.8 Å². The van der Waals surface area contributed by atoms with Gasteiger partial charge in [0.05, 0.1) is 26.0 Å². The van der Waals surface area contributed by atoms with Gasteiger partial charge in [-0.1, -0.05) is 19.1 Å². The van der Waals surface area contributed by atoms with Crippen LogP contribution >= 0.6 is 0 Å². The van der Waals surface area contributed by atoms with Gasteiger partial charge in [0.1, 0.15) is 5.75 Å². The number of hydrogen-bond acceptors (Lipinski definition) is 5. The van der Waals surface area contributed by atoms with Crippen molar-refractivity contribution in [3.05, 3.63) is 53.6 Å². The predicted octanol–water partition coefficient (Wildman–Crippen LogP) is 5.15. The summed E-state index contributed by atoms with van der Waals surface area (Å²) in [4.78, 5) is 0. The Balaban J connectivity index is 1.57. The molecule has 5 heteroatoms. The lowest BCUT2D eigenvalue weighted by molar-refractivity contribution is -0.146. The zero-order valence-electron chi connectivity index (χ0n) is 17.4. The number of hydrogen-bond donors (Lipinski definition) is 0. The van der Waals surface area contributed by atoms with Crippen LogP contribution in [0.25, 0.3) is 0 Å². The van der Waals surface area contributed by atoms with Crippen molar-refractivity contribution in [2.24, 2.45) is 11.0 Å². The molecule has 3 aliphatic rings. The van der Waals surface area contributed by atoms with Crippen LogP contribution in [0.3, 0.4) is 0 Å². The van der Waals surface area contributed by atoms with E-state index in [1.54, 1.807) is 14.2 Å². The second-order valence-corrected chi connectivity index (χ2v) is 8.45. The number of nitrogens with zero attached hydrogens (tertiary/aromatic N) is 2. The normalized spacial score (nSPS) is 27.7. The summed E-state index contributed by atoms with van der Waals surface area (Å²) in [5.41, 5.74) is 3.03. The number of rotatable bonds is 3. The smallest absolute Gasteiger partial charge is 0.198 e. The molecule has 2 heterocycles. The van der Waals surface area contributed by atoms with Crippen molar-refractivity contribution >= 4 is 5.71 Å². The Morgan fingerprint density at radius 3 is 2.48 bits per heavy atom. The molecule has 2 aromatic rings. The molecule has 1 saturated carbocycles. The number of fused-ring (bicyclic) bond motifs is 4. The number of hydrazone groups is 1. The van der Waals surface area contributed by atoms with Crippen LogP contribution in [0.5, 0.6) is 17.2 Å². The minimum Gasteiger partial charge on any atom is -0.497 e. The summed E-state index contributed by atoms with van der Waals surface area (Å²) in [6, 6.07) is 14.6. The van der Waals surface area contributed by atoms with Crippen LogP contribution in [0.4, 0.5) is 0 Å². The summed E-state index contributed by atoms with van der Waals surface area (Å²) in [7, 11) is 3.41. The van der Waals surface area contributed by atoms with Crippen molar-refractivity contribution in [2.75, 3.05) is 14.2 Å². The third-order valence-electron chi connectivity index (χ3n) is 6.69. The number of benzene rings is 2. The van der Waals surface area contributed by atoms with Gasteiger partial charge in [-0.2, -0.15) is 5.10 Å². The minimum absolute atomic E-state index is 0.180. The zero-order chi connectivity index (χ0) is 20.0. The van der Waals surface area contributed by atoms with Gasteiger partial charge in [0.15, 0.2) is 17.2 Å². The second-order valence-electron chi connectivity index (χ2n) is 8.45. The van der Waals surface area contributed by atoms with E-state index in [9.17, 15) is 0 Å². The van der Waals surface area contributed by atoms with Crippen molar-refractivity contribution < 1.29 is 14.2 Å². The summed E-state index contributed by atoms with van der Waals surface area (Å²) in [6.45, 7) is 2.33. The van der Waals surface area contributed by atoms with Crippen LogP contribution in [0.2, 0.25) is 0 Å². The molecule has 1 atom stereocenters. The number of ether oxygens (including phenoxy) is 3. The molecule has 1 fully saturated rings. The molecule has 0 saturated heterocycles. The Morgan fingerprint density at radius 2 is 1.79 bits per heavy atom. The van der Waals surface area contributed by atoms with Gasteiger partial charge >= 0.3 is 0 Å². The maximum Gasteiger partial charge on any atom is 0.198 e. The molecule has 2 aliphatic heterocycles. The maximum atomic E-state index is 6.74. The van der Waals surface area contributed by atoms with Gasteiger partial charge < -0.3 is 14.2 Å². The van der Waals surface area contributed by atoms with Gasteiger partial charge in [0.25, 0.3) is 0 Å². The van der Waals surface area contributed by atoms with Crippen molar-refractivity contribution in [3.63, 3.8) is 0 Å². The first-order valence-electron chi connectivity index (χ1n) is 10.5. The summed E-state index contributed by atoms with van der Waals surface area (Å²) in [6.07, 6.45) is 5.15. The van der Waals surface area contributed by atoms with Crippen molar-refractivity contribution in [3.8, 4) is 17.2 Å². The molecule has 0 unspecified atom stereocenters. The first kappa shape index (κ1) is 18.3. The first-order chi connectivity index (χ1) is 14.1. The van der Waals surface area contributed by atoms with Gasteiger partial charge in [-0.3, -0.25) is 0 Å². The van der Waals surface area contributed by atoms with Crippen LogP contribution in [0.1, 0.15) is 56.2 Å². The van der Waals surface area contributed by atoms with Crippen molar-refractivity contribution in [1.82, 2.24) is 5.01 Å². The van der Waals surface area contributed by atoms with Crippen LogP contribution in [0.15, 0.2) is 47.6 Å².